The van der Waals surface area contributed by atoms with Crippen LogP contribution in [0.2, 0.25) is 0 Å². The molecule has 1 aliphatic rings. The first kappa shape index (κ1) is 12.8. The molecule has 6 heteroatoms. The molecule has 0 aromatic carbocycles. The third kappa shape index (κ3) is 4.48. The summed E-state index contributed by atoms with van der Waals surface area (Å²) in [5.41, 5.74) is 4.84. The highest BCUT2D eigenvalue weighted by atomic mass is 16.5. The first-order valence-electron chi connectivity index (χ1n) is 5.49. The molecule has 0 spiro atoms. The van der Waals surface area contributed by atoms with Crippen LogP contribution in [0.4, 0.5) is 4.79 Å². The number of carbonyl (C=O) groups excluding carboxylic acids is 2. The molecule has 92 valence electrons. The summed E-state index contributed by atoms with van der Waals surface area (Å²) in [5.74, 6) is 0.136. The van der Waals surface area contributed by atoms with Crippen molar-refractivity contribution in [3.8, 4) is 0 Å². The summed E-state index contributed by atoms with van der Waals surface area (Å²) >= 11 is 0. The molecule has 0 aromatic rings. The molecule has 0 saturated carbocycles. The molecule has 0 unspecified atom stereocenters. The molecule has 0 atom stereocenters. The maximum atomic E-state index is 11.1. The molecule has 0 radical (unpaired) electrons. The van der Waals surface area contributed by atoms with Crippen LogP contribution in [-0.4, -0.2) is 61.1 Å². The number of rotatable bonds is 4. The SMILES string of the molecule is CC(=O)N1CCN(CCCOC(N)=O)CC1. The molecular formula is C10H19N3O3. The average Bonchev–Trinajstić information content (AvgIpc) is 2.25. The molecule has 0 aliphatic carbocycles. The van der Waals surface area contributed by atoms with E-state index in [1.165, 1.54) is 0 Å². The second-order valence-corrected chi connectivity index (χ2v) is 3.87. The van der Waals surface area contributed by atoms with Crippen molar-refractivity contribution < 1.29 is 14.3 Å². The summed E-state index contributed by atoms with van der Waals surface area (Å²) in [4.78, 5) is 25.5. The van der Waals surface area contributed by atoms with Gasteiger partial charge in [0.25, 0.3) is 0 Å². The average molecular weight is 229 g/mol. The van der Waals surface area contributed by atoms with E-state index in [4.69, 9.17) is 5.73 Å². The standard InChI is InChI=1S/C10H19N3O3/c1-9(14)13-6-4-12(5-7-13)3-2-8-16-10(11)15/h2-8H2,1H3,(H2,11,15). The summed E-state index contributed by atoms with van der Waals surface area (Å²) in [6.45, 7) is 6.17. The van der Waals surface area contributed by atoms with Crippen LogP contribution in [0.15, 0.2) is 0 Å². The van der Waals surface area contributed by atoms with E-state index in [1.807, 2.05) is 4.90 Å². The van der Waals surface area contributed by atoms with Crippen molar-refractivity contribution in [3.63, 3.8) is 0 Å². The van der Waals surface area contributed by atoms with E-state index < -0.39 is 6.09 Å². The largest absolute Gasteiger partial charge is 0.450 e. The number of amides is 2. The van der Waals surface area contributed by atoms with Gasteiger partial charge in [-0.2, -0.15) is 0 Å². The second kappa shape index (κ2) is 6.32. The number of nitrogens with zero attached hydrogens (tertiary/aromatic N) is 2. The van der Waals surface area contributed by atoms with Gasteiger partial charge in [0.1, 0.15) is 0 Å². The molecular weight excluding hydrogens is 210 g/mol. The molecule has 1 heterocycles. The smallest absolute Gasteiger partial charge is 0.404 e. The molecule has 0 bridgehead atoms. The number of hydrogen-bond donors (Lipinski definition) is 1. The number of ether oxygens (including phenoxy) is 1. The predicted molar refractivity (Wildman–Crippen MR) is 58.8 cm³/mol. The fourth-order valence-corrected chi connectivity index (χ4v) is 1.75. The van der Waals surface area contributed by atoms with E-state index in [1.54, 1.807) is 6.92 Å². The highest BCUT2D eigenvalue weighted by Crippen LogP contribution is 2.02. The van der Waals surface area contributed by atoms with Gasteiger partial charge in [-0.15, -0.1) is 0 Å². The van der Waals surface area contributed by atoms with Crippen LogP contribution in [0.5, 0.6) is 0 Å². The lowest BCUT2D eigenvalue weighted by atomic mass is 10.3. The summed E-state index contributed by atoms with van der Waals surface area (Å²) < 4.78 is 4.64. The van der Waals surface area contributed by atoms with Crippen LogP contribution in [-0.2, 0) is 9.53 Å². The van der Waals surface area contributed by atoms with Crippen LogP contribution in [0.1, 0.15) is 13.3 Å². The quantitative estimate of drug-likeness (QED) is 0.668. The number of hydrogen-bond acceptors (Lipinski definition) is 4. The van der Waals surface area contributed by atoms with E-state index in [0.29, 0.717) is 6.61 Å². The lowest BCUT2D eigenvalue weighted by Gasteiger charge is -2.34. The molecule has 2 amide bonds. The zero-order valence-corrected chi connectivity index (χ0v) is 9.65. The Morgan fingerprint density at radius 3 is 2.38 bits per heavy atom. The number of nitrogens with two attached hydrogens (primary N) is 1. The van der Waals surface area contributed by atoms with Crippen molar-refractivity contribution in [2.75, 3.05) is 39.3 Å². The van der Waals surface area contributed by atoms with Crippen LogP contribution in [0.3, 0.4) is 0 Å². The minimum Gasteiger partial charge on any atom is -0.450 e. The predicted octanol–water partition coefficient (Wildman–Crippen LogP) is -0.364. The maximum absolute atomic E-state index is 11.1. The van der Waals surface area contributed by atoms with Crippen LogP contribution >= 0.6 is 0 Å². The van der Waals surface area contributed by atoms with E-state index in [9.17, 15) is 9.59 Å². The van der Waals surface area contributed by atoms with E-state index >= 15 is 0 Å². The monoisotopic (exact) mass is 229 g/mol. The summed E-state index contributed by atoms with van der Waals surface area (Å²) in [6.07, 6.45) is 0.0598. The number of primary amides is 1. The zero-order chi connectivity index (χ0) is 12.0. The Balaban J connectivity index is 2.08. The minimum absolute atomic E-state index is 0.136. The molecule has 1 aliphatic heterocycles. The van der Waals surface area contributed by atoms with Gasteiger partial charge in [-0.1, -0.05) is 0 Å². The summed E-state index contributed by atoms with van der Waals surface area (Å²) in [5, 5.41) is 0. The first-order valence-corrected chi connectivity index (χ1v) is 5.49. The molecule has 0 aromatic heterocycles. The van der Waals surface area contributed by atoms with Gasteiger partial charge in [0.15, 0.2) is 0 Å². The Bertz CT molecular complexity index is 250. The Labute approximate surface area is 95.3 Å². The van der Waals surface area contributed by atoms with Gasteiger partial charge in [0.05, 0.1) is 6.61 Å². The molecule has 2 N–H and O–H groups in total. The number of carbonyl (C=O) groups is 2. The van der Waals surface area contributed by atoms with Gasteiger partial charge in [0.2, 0.25) is 5.91 Å². The van der Waals surface area contributed by atoms with Gasteiger partial charge in [-0.25, -0.2) is 4.79 Å². The van der Waals surface area contributed by atoms with Crippen LogP contribution in [0, 0.1) is 0 Å². The molecule has 1 saturated heterocycles. The highest BCUT2D eigenvalue weighted by molar-refractivity contribution is 5.73. The van der Waals surface area contributed by atoms with E-state index in [0.717, 1.165) is 39.1 Å². The van der Waals surface area contributed by atoms with Gasteiger partial charge in [0, 0.05) is 39.6 Å². The van der Waals surface area contributed by atoms with E-state index in [2.05, 4.69) is 9.64 Å². The minimum atomic E-state index is -0.721. The number of piperazine rings is 1. The van der Waals surface area contributed by atoms with Crippen LogP contribution < -0.4 is 5.73 Å². The lowest BCUT2D eigenvalue weighted by molar-refractivity contribution is -0.130. The maximum Gasteiger partial charge on any atom is 0.404 e. The second-order valence-electron chi connectivity index (χ2n) is 3.87. The topological polar surface area (TPSA) is 75.9 Å². The normalized spacial score (nSPS) is 17.2. The van der Waals surface area contributed by atoms with E-state index in [-0.39, 0.29) is 5.91 Å². The molecule has 1 fully saturated rings. The fraction of sp³-hybridized carbons (Fsp3) is 0.800. The summed E-state index contributed by atoms with van der Waals surface area (Å²) in [7, 11) is 0. The summed E-state index contributed by atoms with van der Waals surface area (Å²) in [6, 6.07) is 0. The van der Waals surface area contributed by atoms with Gasteiger partial charge < -0.3 is 15.4 Å². The third-order valence-electron chi connectivity index (χ3n) is 2.68. The van der Waals surface area contributed by atoms with Gasteiger partial charge in [-0.3, -0.25) is 9.69 Å². The Morgan fingerprint density at radius 2 is 1.88 bits per heavy atom. The molecule has 6 nitrogen and oxygen atoms in total. The van der Waals surface area contributed by atoms with Crippen molar-refractivity contribution in [1.82, 2.24) is 9.80 Å². The van der Waals surface area contributed by atoms with Crippen molar-refractivity contribution in [2.24, 2.45) is 5.73 Å². The third-order valence-corrected chi connectivity index (χ3v) is 2.68. The fourth-order valence-electron chi connectivity index (χ4n) is 1.75. The van der Waals surface area contributed by atoms with Crippen molar-refractivity contribution in [3.05, 3.63) is 0 Å². The highest BCUT2D eigenvalue weighted by Gasteiger charge is 2.17. The van der Waals surface area contributed by atoms with Crippen LogP contribution in [0.25, 0.3) is 0 Å². The zero-order valence-electron chi connectivity index (χ0n) is 9.65. The lowest BCUT2D eigenvalue weighted by Crippen LogP contribution is -2.48. The van der Waals surface area contributed by atoms with Crippen molar-refractivity contribution >= 4 is 12.0 Å². The van der Waals surface area contributed by atoms with Gasteiger partial charge in [-0.05, 0) is 6.42 Å². The van der Waals surface area contributed by atoms with Crippen molar-refractivity contribution in [1.29, 1.82) is 0 Å². The van der Waals surface area contributed by atoms with Crippen molar-refractivity contribution in [2.45, 2.75) is 13.3 Å². The molecule has 1 rings (SSSR count). The Kier molecular flexibility index (Phi) is 5.04. The first-order chi connectivity index (χ1) is 7.59. The molecule has 16 heavy (non-hydrogen) atoms. The Morgan fingerprint density at radius 1 is 1.25 bits per heavy atom. The Hall–Kier alpha value is -1.30. The van der Waals surface area contributed by atoms with Gasteiger partial charge >= 0.3 is 6.09 Å².